The smallest absolute Gasteiger partial charge is 0.128 e. The van der Waals surface area contributed by atoms with Gasteiger partial charge in [-0.3, -0.25) is 0 Å². The van der Waals surface area contributed by atoms with E-state index in [9.17, 15) is 5.26 Å². The Morgan fingerprint density at radius 2 is 2.00 bits per heavy atom. The van der Waals surface area contributed by atoms with Gasteiger partial charge in [0.15, 0.2) is 0 Å². The van der Waals surface area contributed by atoms with Gasteiger partial charge in [0.25, 0.3) is 0 Å². The molecule has 1 heterocycles. The van der Waals surface area contributed by atoms with Crippen LogP contribution in [0.3, 0.4) is 0 Å². The van der Waals surface area contributed by atoms with E-state index in [1.54, 1.807) is 7.11 Å². The molecule has 1 unspecified atom stereocenters. The Bertz CT molecular complexity index is 1000. The molecule has 4 heteroatoms. The van der Waals surface area contributed by atoms with Crippen molar-refractivity contribution in [2.45, 2.75) is 44.6 Å². The summed E-state index contributed by atoms with van der Waals surface area (Å²) in [6, 6.07) is 16.7. The van der Waals surface area contributed by atoms with Gasteiger partial charge in [-0.15, -0.1) is 0 Å². The Hall–Kier alpha value is -2.44. The highest BCUT2D eigenvalue weighted by Gasteiger charge is 2.29. The molecule has 0 bridgehead atoms. The van der Waals surface area contributed by atoms with Crippen LogP contribution in [-0.4, -0.2) is 11.7 Å². The van der Waals surface area contributed by atoms with Crippen LogP contribution in [0.2, 0.25) is 5.02 Å². The third kappa shape index (κ3) is 3.19. The first kappa shape index (κ1) is 17.9. The molecule has 3 aromatic rings. The van der Waals surface area contributed by atoms with E-state index in [4.69, 9.17) is 16.3 Å². The number of aromatic nitrogens is 1. The van der Waals surface area contributed by atoms with Crippen LogP contribution in [0.1, 0.15) is 48.4 Å². The number of rotatable bonds is 4. The maximum atomic E-state index is 9.42. The highest BCUT2D eigenvalue weighted by molar-refractivity contribution is 6.35. The predicted octanol–water partition coefficient (Wildman–Crippen LogP) is 6.08. The Morgan fingerprint density at radius 1 is 1.19 bits per heavy atom. The summed E-state index contributed by atoms with van der Waals surface area (Å²) in [6.45, 7) is 0.777. The molecule has 1 aromatic heterocycles. The standard InChI is InChI=1S/C23H23ClN2O/c1-27-20-12-11-18(24)23-22(20)21-17(13-14-25)9-5-6-10-19(21)26(23)15-16-7-3-2-4-8-16/h2-4,7-8,11-12,17H,5-6,9-10,13,15H2,1H3. The van der Waals surface area contributed by atoms with Crippen LogP contribution in [0.15, 0.2) is 42.5 Å². The summed E-state index contributed by atoms with van der Waals surface area (Å²) >= 11 is 6.70. The molecule has 138 valence electrons. The Labute approximate surface area is 165 Å². The summed E-state index contributed by atoms with van der Waals surface area (Å²) in [5, 5.41) is 11.3. The van der Waals surface area contributed by atoms with Crippen molar-refractivity contribution in [2.75, 3.05) is 7.11 Å². The molecule has 2 aromatic carbocycles. The molecule has 0 amide bonds. The Morgan fingerprint density at radius 3 is 2.74 bits per heavy atom. The minimum absolute atomic E-state index is 0.236. The number of ether oxygens (including phenoxy) is 1. The van der Waals surface area contributed by atoms with Gasteiger partial charge in [-0.2, -0.15) is 5.26 Å². The fraction of sp³-hybridized carbons (Fsp3) is 0.348. The van der Waals surface area contributed by atoms with E-state index in [1.807, 2.05) is 18.2 Å². The molecule has 0 saturated heterocycles. The number of nitrogens with zero attached hydrogens (tertiary/aromatic N) is 2. The van der Waals surface area contributed by atoms with Crippen molar-refractivity contribution in [3.05, 3.63) is 64.3 Å². The summed E-state index contributed by atoms with van der Waals surface area (Å²) in [5.74, 6) is 1.08. The number of benzene rings is 2. The molecule has 0 saturated carbocycles. The molecule has 1 aliphatic rings. The number of methoxy groups -OCH3 is 1. The van der Waals surface area contributed by atoms with E-state index in [2.05, 4.69) is 34.9 Å². The van der Waals surface area contributed by atoms with Crippen molar-refractivity contribution < 1.29 is 4.74 Å². The molecule has 1 aliphatic carbocycles. The van der Waals surface area contributed by atoms with E-state index in [0.29, 0.717) is 6.42 Å². The maximum Gasteiger partial charge on any atom is 0.128 e. The molecule has 0 spiro atoms. The molecule has 4 rings (SSSR count). The van der Waals surface area contributed by atoms with Crippen LogP contribution < -0.4 is 4.74 Å². The van der Waals surface area contributed by atoms with Crippen LogP contribution in [0.25, 0.3) is 10.9 Å². The number of nitriles is 1. The molecular formula is C23H23ClN2O. The second-order valence-corrected chi connectivity index (χ2v) is 7.62. The highest BCUT2D eigenvalue weighted by Crippen LogP contribution is 2.45. The Kier molecular flexibility index (Phi) is 5.09. The fourth-order valence-electron chi connectivity index (χ4n) is 4.46. The largest absolute Gasteiger partial charge is 0.496 e. The van der Waals surface area contributed by atoms with Crippen LogP contribution in [0, 0.1) is 11.3 Å². The molecule has 3 nitrogen and oxygen atoms in total. The zero-order valence-electron chi connectivity index (χ0n) is 15.5. The summed E-state index contributed by atoms with van der Waals surface area (Å²) in [7, 11) is 1.71. The minimum Gasteiger partial charge on any atom is -0.496 e. The highest BCUT2D eigenvalue weighted by atomic mass is 35.5. The lowest BCUT2D eigenvalue weighted by Crippen LogP contribution is -2.06. The van der Waals surface area contributed by atoms with E-state index in [1.165, 1.54) is 16.8 Å². The summed E-state index contributed by atoms with van der Waals surface area (Å²) in [4.78, 5) is 0. The number of fused-ring (bicyclic) bond motifs is 3. The zero-order chi connectivity index (χ0) is 18.8. The van der Waals surface area contributed by atoms with Gasteiger partial charge in [0.2, 0.25) is 0 Å². The zero-order valence-corrected chi connectivity index (χ0v) is 16.3. The van der Waals surface area contributed by atoms with Crippen LogP contribution in [0.5, 0.6) is 5.75 Å². The van der Waals surface area contributed by atoms with Crippen molar-refractivity contribution in [2.24, 2.45) is 0 Å². The van der Waals surface area contributed by atoms with Gasteiger partial charge in [0.1, 0.15) is 5.75 Å². The van der Waals surface area contributed by atoms with Crippen molar-refractivity contribution >= 4 is 22.5 Å². The molecule has 1 atom stereocenters. The topological polar surface area (TPSA) is 38.0 Å². The fourth-order valence-corrected chi connectivity index (χ4v) is 4.72. The van der Waals surface area contributed by atoms with Crippen molar-refractivity contribution in [1.82, 2.24) is 4.57 Å². The quantitative estimate of drug-likeness (QED) is 0.516. The third-order valence-electron chi connectivity index (χ3n) is 5.63. The van der Waals surface area contributed by atoms with E-state index >= 15 is 0 Å². The normalized spacial score (nSPS) is 16.6. The van der Waals surface area contributed by atoms with E-state index in [-0.39, 0.29) is 5.92 Å². The second kappa shape index (κ2) is 7.66. The lowest BCUT2D eigenvalue weighted by atomic mass is 9.91. The van der Waals surface area contributed by atoms with E-state index in [0.717, 1.165) is 53.9 Å². The second-order valence-electron chi connectivity index (χ2n) is 7.21. The first-order chi connectivity index (χ1) is 13.2. The summed E-state index contributed by atoms with van der Waals surface area (Å²) in [5.41, 5.74) is 4.88. The third-order valence-corrected chi connectivity index (χ3v) is 5.94. The number of halogens is 1. The Balaban J connectivity index is 2.02. The van der Waals surface area contributed by atoms with Crippen molar-refractivity contribution in [3.8, 4) is 11.8 Å². The average molecular weight is 379 g/mol. The van der Waals surface area contributed by atoms with Gasteiger partial charge in [0, 0.05) is 24.0 Å². The molecule has 0 fully saturated rings. The lowest BCUT2D eigenvalue weighted by Gasteiger charge is -2.14. The van der Waals surface area contributed by atoms with Gasteiger partial charge >= 0.3 is 0 Å². The monoisotopic (exact) mass is 378 g/mol. The van der Waals surface area contributed by atoms with Gasteiger partial charge in [-0.25, -0.2) is 0 Å². The first-order valence-electron chi connectivity index (χ1n) is 9.53. The average Bonchev–Trinajstić information content (AvgIpc) is 2.86. The predicted molar refractivity (Wildman–Crippen MR) is 110 cm³/mol. The number of hydrogen-bond acceptors (Lipinski definition) is 2. The van der Waals surface area contributed by atoms with Gasteiger partial charge in [-0.05, 0) is 48.4 Å². The lowest BCUT2D eigenvalue weighted by molar-refractivity contribution is 0.419. The summed E-state index contributed by atoms with van der Waals surface area (Å²) < 4.78 is 8.09. The van der Waals surface area contributed by atoms with E-state index < -0.39 is 0 Å². The molecule has 0 aliphatic heterocycles. The van der Waals surface area contributed by atoms with Crippen LogP contribution in [0.4, 0.5) is 0 Å². The number of hydrogen-bond donors (Lipinski definition) is 0. The van der Waals surface area contributed by atoms with Crippen molar-refractivity contribution in [3.63, 3.8) is 0 Å². The van der Waals surface area contributed by atoms with Crippen LogP contribution >= 0.6 is 11.6 Å². The maximum absolute atomic E-state index is 9.42. The molecular weight excluding hydrogens is 356 g/mol. The molecule has 0 N–H and O–H groups in total. The van der Waals surface area contributed by atoms with Crippen LogP contribution in [-0.2, 0) is 13.0 Å². The van der Waals surface area contributed by atoms with Crippen molar-refractivity contribution in [1.29, 1.82) is 5.26 Å². The summed E-state index contributed by atoms with van der Waals surface area (Å²) in [6.07, 6.45) is 4.88. The molecule has 27 heavy (non-hydrogen) atoms. The molecule has 0 radical (unpaired) electrons. The first-order valence-corrected chi connectivity index (χ1v) is 9.90. The van der Waals surface area contributed by atoms with Gasteiger partial charge in [0.05, 0.1) is 23.7 Å². The minimum atomic E-state index is 0.236. The van der Waals surface area contributed by atoms with Gasteiger partial charge in [-0.1, -0.05) is 48.4 Å². The SMILES string of the molecule is COc1ccc(Cl)c2c1c1c(n2Cc2ccccc2)CCCCC1CC#N. The van der Waals surface area contributed by atoms with Gasteiger partial charge < -0.3 is 9.30 Å².